The lowest BCUT2D eigenvalue weighted by atomic mass is 10.1. The molecule has 4 nitrogen and oxygen atoms in total. The van der Waals surface area contributed by atoms with Crippen LogP contribution in [-0.2, 0) is 9.53 Å². The van der Waals surface area contributed by atoms with Gasteiger partial charge >= 0.3 is 0 Å². The van der Waals surface area contributed by atoms with Crippen LogP contribution in [0.4, 0.5) is 0 Å². The zero-order chi connectivity index (χ0) is 10.4. The summed E-state index contributed by atoms with van der Waals surface area (Å²) in [7, 11) is 0. The zero-order valence-corrected chi connectivity index (χ0v) is 8.79. The van der Waals surface area contributed by atoms with Crippen molar-refractivity contribution in [2.75, 3.05) is 26.3 Å². The number of nitrogens with two attached hydrogens (primary N) is 1. The summed E-state index contributed by atoms with van der Waals surface area (Å²) >= 11 is 0. The van der Waals surface area contributed by atoms with Gasteiger partial charge in [-0.15, -0.1) is 0 Å². The van der Waals surface area contributed by atoms with Gasteiger partial charge in [0, 0.05) is 25.5 Å². The SMILES string of the molecule is CC(CN)CC(=O)NCC1CCOC1. The molecule has 1 fully saturated rings. The number of carbonyl (C=O) groups is 1. The van der Waals surface area contributed by atoms with Gasteiger partial charge in [-0.2, -0.15) is 0 Å². The fourth-order valence-corrected chi connectivity index (χ4v) is 1.47. The van der Waals surface area contributed by atoms with Crippen molar-refractivity contribution >= 4 is 5.91 Å². The van der Waals surface area contributed by atoms with Gasteiger partial charge in [0.2, 0.25) is 5.91 Å². The van der Waals surface area contributed by atoms with E-state index in [1.54, 1.807) is 0 Å². The summed E-state index contributed by atoms with van der Waals surface area (Å²) in [6.45, 7) is 4.92. The molecule has 0 aliphatic carbocycles. The molecule has 0 aromatic heterocycles. The minimum absolute atomic E-state index is 0.106. The van der Waals surface area contributed by atoms with Crippen molar-refractivity contribution in [3.05, 3.63) is 0 Å². The van der Waals surface area contributed by atoms with Crippen LogP contribution in [0.15, 0.2) is 0 Å². The Morgan fingerprint density at radius 2 is 2.50 bits per heavy atom. The summed E-state index contributed by atoms with van der Waals surface area (Å²) in [4.78, 5) is 11.4. The van der Waals surface area contributed by atoms with Crippen LogP contribution in [0.1, 0.15) is 19.8 Å². The minimum atomic E-state index is 0.106. The maximum Gasteiger partial charge on any atom is 0.220 e. The largest absolute Gasteiger partial charge is 0.381 e. The van der Waals surface area contributed by atoms with Crippen LogP contribution in [-0.4, -0.2) is 32.2 Å². The molecule has 2 unspecified atom stereocenters. The molecule has 1 aliphatic heterocycles. The van der Waals surface area contributed by atoms with E-state index in [-0.39, 0.29) is 11.8 Å². The van der Waals surface area contributed by atoms with Crippen molar-refractivity contribution in [1.29, 1.82) is 0 Å². The normalized spacial score (nSPS) is 23.4. The second-order valence-electron chi connectivity index (χ2n) is 4.08. The summed E-state index contributed by atoms with van der Waals surface area (Å²) in [5, 5.41) is 2.92. The third-order valence-corrected chi connectivity index (χ3v) is 2.55. The number of rotatable bonds is 5. The lowest BCUT2D eigenvalue weighted by Crippen LogP contribution is -2.31. The lowest BCUT2D eigenvalue weighted by Gasteiger charge is -2.11. The van der Waals surface area contributed by atoms with E-state index in [0.717, 1.165) is 26.2 Å². The third kappa shape index (κ3) is 4.07. The van der Waals surface area contributed by atoms with Gasteiger partial charge in [0.1, 0.15) is 0 Å². The number of amides is 1. The minimum Gasteiger partial charge on any atom is -0.381 e. The van der Waals surface area contributed by atoms with Gasteiger partial charge in [0.05, 0.1) is 6.61 Å². The van der Waals surface area contributed by atoms with E-state index in [4.69, 9.17) is 10.5 Å². The number of carbonyl (C=O) groups excluding carboxylic acids is 1. The second kappa shape index (κ2) is 5.98. The fourth-order valence-electron chi connectivity index (χ4n) is 1.47. The Kier molecular flexibility index (Phi) is 4.90. The quantitative estimate of drug-likeness (QED) is 0.662. The third-order valence-electron chi connectivity index (χ3n) is 2.55. The second-order valence-corrected chi connectivity index (χ2v) is 4.08. The number of hydrogen-bond acceptors (Lipinski definition) is 3. The van der Waals surface area contributed by atoms with Gasteiger partial charge in [-0.3, -0.25) is 4.79 Å². The molecular formula is C10H20N2O2. The summed E-state index contributed by atoms with van der Waals surface area (Å²) in [5.41, 5.74) is 5.44. The van der Waals surface area contributed by atoms with Crippen LogP contribution in [0.3, 0.4) is 0 Å². The van der Waals surface area contributed by atoms with E-state index in [1.165, 1.54) is 0 Å². The Morgan fingerprint density at radius 1 is 1.71 bits per heavy atom. The average Bonchev–Trinajstić information content (AvgIpc) is 2.67. The molecule has 1 rings (SSSR count). The molecule has 2 atom stereocenters. The Labute approximate surface area is 85.2 Å². The number of hydrogen-bond donors (Lipinski definition) is 2. The van der Waals surface area contributed by atoms with E-state index in [0.29, 0.717) is 18.9 Å². The summed E-state index contributed by atoms with van der Waals surface area (Å²) in [5.74, 6) is 0.886. The molecule has 0 aromatic rings. The van der Waals surface area contributed by atoms with Gasteiger partial charge in [-0.05, 0) is 18.9 Å². The van der Waals surface area contributed by atoms with Crippen LogP contribution < -0.4 is 11.1 Å². The highest BCUT2D eigenvalue weighted by atomic mass is 16.5. The summed E-state index contributed by atoms with van der Waals surface area (Å²) in [6, 6.07) is 0. The Morgan fingerprint density at radius 3 is 3.07 bits per heavy atom. The van der Waals surface area contributed by atoms with E-state index in [9.17, 15) is 4.79 Å². The molecular weight excluding hydrogens is 180 g/mol. The lowest BCUT2D eigenvalue weighted by molar-refractivity contribution is -0.122. The predicted octanol–water partition coefficient (Wildman–Crippen LogP) is 0.124. The van der Waals surface area contributed by atoms with Crippen molar-refractivity contribution in [2.45, 2.75) is 19.8 Å². The topological polar surface area (TPSA) is 64.4 Å². The Bertz CT molecular complexity index is 179. The van der Waals surface area contributed by atoms with Crippen LogP contribution in [0.5, 0.6) is 0 Å². The molecule has 1 aliphatic rings. The first-order chi connectivity index (χ1) is 6.72. The standard InChI is InChI=1S/C10H20N2O2/c1-8(5-11)4-10(13)12-6-9-2-3-14-7-9/h8-9H,2-7,11H2,1H3,(H,12,13). The first kappa shape index (κ1) is 11.5. The molecule has 0 saturated carbocycles. The van der Waals surface area contributed by atoms with Crippen LogP contribution in [0.25, 0.3) is 0 Å². The average molecular weight is 200 g/mol. The van der Waals surface area contributed by atoms with E-state index >= 15 is 0 Å². The molecule has 0 aromatic carbocycles. The fraction of sp³-hybridized carbons (Fsp3) is 0.900. The van der Waals surface area contributed by atoms with Crippen LogP contribution >= 0.6 is 0 Å². The van der Waals surface area contributed by atoms with Gasteiger partial charge in [0.15, 0.2) is 0 Å². The molecule has 1 amide bonds. The Hall–Kier alpha value is -0.610. The molecule has 0 radical (unpaired) electrons. The number of nitrogens with one attached hydrogen (secondary N) is 1. The highest BCUT2D eigenvalue weighted by Gasteiger charge is 2.16. The van der Waals surface area contributed by atoms with Gasteiger partial charge in [-0.25, -0.2) is 0 Å². The maximum absolute atomic E-state index is 11.4. The zero-order valence-electron chi connectivity index (χ0n) is 8.79. The van der Waals surface area contributed by atoms with Gasteiger partial charge in [-0.1, -0.05) is 6.92 Å². The molecule has 0 spiro atoms. The van der Waals surface area contributed by atoms with E-state index in [2.05, 4.69) is 5.32 Å². The molecule has 4 heteroatoms. The summed E-state index contributed by atoms with van der Waals surface area (Å²) in [6.07, 6.45) is 1.59. The van der Waals surface area contributed by atoms with Crippen molar-refractivity contribution in [1.82, 2.24) is 5.32 Å². The van der Waals surface area contributed by atoms with Gasteiger partial charge in [0.25, 0.3) is 0 Å². The van der Waals surface area contributed by atoms with E-state index < -0.39 is 0 Å². The van der Waals surface area contributed by atoms with Crippen LogP contribution in [0.2, 0.25) is 0 Å². The highest BCUT2D eigenvalue weighted by molar-refractivity contribution is 5.76. The Balaban J connectivity index is 2.08. The van der Waals surface area contributed by atoms with Crippen molar-refractivity contribution < 1.29 is 9.53 Å². The molecule has 82 valence electrons. The monoisotopic (exact) mass is 200 g/mol. The molecule has 1 saturated heterocycles. The molecule has 3 N–H and O–H groups in total. The first-order valence-electron chi connectivity index (χ1n) is 5.27. The van der Waals surface area contributed by atoms with Crippen LogP contribution in [0, 0.1) is 11.8 Å². The van der Waals surface area contributed by atoms with Crippen molar-refractivity contribution in [3.63, 3.8) is 0 Å². The first-order valence-corrected chi connectivity index (χ1v) is 5.27. The number of ether oxygens (including phenoxy) is 1. The maximum atomic E-state index is 11.4. The van der Waals surface area contributed by atoms with Gasteiger partial charge < -0.3 is 15.8 Å². The van der Waals surface area contributed by atoms with E-state index in [1.807, 2.05) is 6.92 Å². The van der Waals surface area contributed by atoms with Crippen molar-refractivity contribution in [3.8, 4) is 0 Å². The smallest absolute Gasteiger partial charge is 0.220 e. The molecule has 1 heterocycles. The van der Waals surface area contributed by atoms with Crippen molar-refractivity contribution in [2.24, 2.45) is 17.6 Å². The highest BCUT2D eigenvalue weighted by Crippen LogP contribution is 2.10. The summed E-state index contributed by atoms with van der Waals surface area (Å²) < 4.78 is 5.22. The molecule has 0 bridgehead atoms. The predicted molar refractivity (Wildman–Crippen MR) is 54.8 cm³/mol. The molecule has 14 heavy (non-hydrogen) atoms.